The van der Waals surface area contributed by atoms with Gasteiger partial charge in [-0.15, -0.1) is 0 Å². The van der Waals surface area contributed by atoms with Crippen molar-refractivity contribution in [3.8, 4) is 0 Å². The number of aliphatic hydroxyl groups is 1. The van der Waals surface area contributed by atoms with Crippen molar-refractivity contribution in [3.63, 3.8) is 0 Å². The Balaban J connectivity index is 1.93. The molecule has 2 heterocycles. The van der Waals surface area contributed by atoms with Crippen LogP contribution in [0.4, 0.5) is 5.69 Å². The second-order valence-electron chi connectivity index (χ2n) is 7.51. The van der Waals surface area contributed by atoms with Crippen LogP contribution in [-0.4, -0.2) is 32.7 Å². The van der Waals surface area contributed by atoms with E-state index in [9.17, 15) is 19.5 Å². The predicted molar refractivity (Wildman–Crippen MR) is 111 cm³/mol. The fourth-order valence-electron chi connectivity index (χ4n) is 3.79. The van der Waals surface area contributed by atoms with Crippen LogP contribution in [0.2, 0.25) is 0 Å². The highest BCUT2D eigenvalue weighted by atomic mass is 16.3. The fourth-order valence-corrected chi connectivity index (χ4v) is 3.79. The number of rotatable bonds is 8. The summed E-state index contributed by atoms with van der Waals surface area (Å²) < 4.78 is 1.35. The second-order valence-corrected chi connectivity index (χ2v) is 7.51. The van der Waals surface area contributed by atoms with Crippen LogP contribution in [0.5, 0.6) is 0 Å². The van der Waals surface area contributed by atoms with Gasteiger partial charge in [0, 0.05) is 6.42 Å². The van der Waals surface area contributed by atoms with E-state index in [2.05, 4.69) is 22.5 Å². The number of hydrogen-bond acceptors (Lipinski definition) is 6. The molecule has 0 saturated carbocycles. The first-order chi connectivity index (χ1) is 13.9. The van der Waals surface area contributed by atoms with Crippen molar-refractivity contribution >= 4 is 28.4 Å². The predicted octanol–water partition coefficient (Wildman–Crippen LogP) is 2.38. The lowest BCUT2D eigenvalue weighted by atomic mass is 10.1. The minimum Gasteiger partial charge on any atom is -0.374 e. The van der Waals surface area contributed by atoms with Crippen molar-refractivity contribution in [1.29, 1.82) is 0 Å². The normalized spacial score (nSPS) is 18.0. The minimum absolute atomic E-state index is 0.177. The summed E-state index contributed by atoms with van der Waals surface area (Å²) in [5.41, 5.74) is 0.631. The molecule has 1 fully saturated rings. The molecule has 2 atom stereocenters. The van der Waals surface area contributed by atoms with Gasteiger partial charge in [0.15, 0.2) is 0 Å². The van der Waals surface area contributed by atoms with Gasteiger partial charge in [0.05, 0.1) is 16.6 Å². The van der Waals surface area contributed by atoms with E-state index < -0.39 is 18.2 Å². The number of fused-ring (bicyclic) bond motifs is 1. The zero-order chi connectivity index (χ0) is 21.0. The quantitative estimate of drug-likeness (QED) is 0.356. The van der Waals surface area contributed by atoms with Crippen LogP contribution >= 0.6 is 0 Å². The third-order valence-corrected chi connectivity index (χ3v) is 5.28. The van der Waals surface area contributed by atoms with E-state index in [1.165, 1.54) is 4.57 Å². The van der Waals surface area contributed by atoms with E-state index in [0.717, 1.165) is 25.7 Å². The number of unbranched alkanes of at least 4 members (excludes halogenated alkanes) is 3. The van der Waals surface area contributed by atoms with E-state index in [1.54, 1.807) is 25.1 Å². The Morgan fingerprint density at radius 3 is 2.79 bits per heavy atom. The molecule has 156 valence electrons. The summed E-state index contributed by atoms with van der Waals surface area (Å²) in [7, 11) is 0. The molecule has 1 saturated heterocycles. The van der Waals surface area contributed by atoms with Gasteiger partial charge in [-0.3, -0.25) is 24.3 Å². The number of nitrogens with one attached hydrogen (secondary N) is 2. The Hall–Kier alpha value is -2.74. The number of piperidine rings is 1. The first kappa shape index (κ1) is 21.0. The largest absolute Gasteiger partial charge is 0.374 e. The molecule has 8 heteroatoms. The Morgan fingerprint density at radius 2 is 2.07 bits per heavy atom. The third kappa shape index (κ3) is 4.64. The number of benzene rings is 1. The molecule has 0 bridgehead atoms. The molecular weight excluding hydrogens is 372 g/mol. The molecule has 0 spiro atoms. The number of aromatic nitrogens is 2. The number of imide groups is 1. The molecule has 1 aliphatic rings. The summed E-state index contributed by atoms with van der Waals surface area (Å²) in [5.74, 6) is -0.414. The zero-order valence-electron chi connectivity index (χ0n) is 16.9. The van der Waals surface area contributed by atoms with Gasteiger partial charge in [0.2, 0.25) is 11.8 Å². The van der Waals surface area contributed by atoms with Crippen LogP contribution in [0.1, 0.15) is 63.7 Å². The maximum Gasteiger partial charge on any atom is 0.264 e. The van der Waals surface area contributed by atoms with Crippen molar-refractivity contribution in [2.75, 3.05) is 5.32 Å². The maximum absolute atomic E-state index is 13.3. The van der Waals surface area contributed by atoms with E-state index in [-0.39, 0.29) is 24.3 Å². The minimum atomic E-state index is -0.776. The molecule has 2 amide bonds. The number of hydrogen-bond donors (Lipinski definition) is 3. The van der Waals surface area contributed by atoms with Crippen molar-refractivity contribution in [2.24, 2.45) is 0 Å². The molecule has 8 nitrogen and oxygen atoms in total. The SMILES string of the molecule is CCCCCCC(O)Nc1cccc2nc(C)n(C3CCC(=O)NC3=O)c(=O)c12. The Labute approximate surface area is 169 Å². The average Bonchev–Trinajstić information content (AvgIpc) is 2.66. The Morgan fingerprint density at radius 1 is 1.28 bits per heavy atom. The third-order valence-electron chi connectivity index (χ3n) is 5.28. The standard InChI is InChI=1S/C21H28N4O4/c1-3-4-5-6-10-17(26)23-15-9-7-8-14-19(15)21(29)25(13(2)22-14)16-11-12-18(27)24-20(16)28/h7-9,16-17,23,26H,3-6,10-12H2,1-2H3,(H,24,27,28). The van der Waals surface area contributed by atoms with E-state index in [1.807, 2.05) is 0 Å². The van der Waals surface area contributed by atoms with Gasteiger partial charge in [0.1, 0.15) is 18.1 Å². The van der Waals surface area contributed by atoms with E-state index in [4.69, 9.17) is 0 Å². The van der Waals surface area contributed by atoms with Gasteiger partial charge in [0.25, 0.3) is 5.56 Å². The van der Waals surface area contributed by atoms with Gasteiger partial charge in [-0.25, -0.2) is 4.98 Å². The van der Waals surface area contributed by atoms with Gasteiger partial charge < -0.3 is 10.4 Å². The summed E-state index contributed by atoms with van der Waals surface area (Å²) in [6, 6.07) is 4.46. The molecule has 2 unspecified atom stereocenters. The zero-order valence-corrected chi connectivity index (χ0v) is 16.9. The van der Waals surface area contributed by atoms with Crippen LogP contribution in [0.25, 0.3) is 10.9 Å². The number of carbonyl (C=O) groups is 2. The van der Waals surface area contributed by atoms with Crippen LogP contribution in [-0.2, 0) is 9.59 Å². The highest BCUT2D eigenvalue weighted by Gasteiger charge is 2.30. The number of nitrogens with zero attached hydrogens (tertiary/aromatic N) is 2. The smallest absolute Gasteiger partial charge is 0.264 e. The molecule has 29 heavy (non-hydrogen) atoms. The van der Waals surface area contributed by atoms with Crippen LogP contribution in [0.3, 0.4) is 0 Å². The molecule has 0 radical (unpaired) electrons. The molecule has 3 N–H and O–H groups in total. The molecule has 3 rings (SSSR count). The van der Waals surface area contributed by atoms with Crippen molar-refractivity contribution in [1.82, 2.24) is 14.9 Å². The molecule has 1 aliphatic heterocycles. The highest BCUT2D eigenvalue weighted by molar-refractivity contribution is 5.99. The van der Waals surface area contributed by atoms with Crippen LogP contribution in [0.15, 0.2) is 23.0 Å². The summed E-state index contributed by atoms with van der Waals surface area (Å²) in [6.07, 6.45) is 4.43. The van der Waals surface area contributed by atoms with Crippen molar-refractivity contribution < 1.29 is 14.7 Å². The van der Waals surface area contributed by atoms with E-state index in [0.29, 0.717) is 28.8 Å². The highest BCUT2D eigenvalue weighted by Crippen LogP contribution is 2.24. The van der Waals surface area contributed by atoms with Crippen LogP contribution in [0, 0.1) is 6.92 Å². The first-order valence-corrected chi connectivity index (χ1v) is 10.2. The van der Waals surface area contributed by atoms with Crippen LogP contribution < -0.4 is 16.2 Å². The van der Waals surface area contributed by atoms with Gasteiger partial charge in [-0.05, 0) is 38.3 Å². The number of anilines is 1. The molecule has 1 aromatic carbocycles. The van der Waals surface area contributed by atoms with Gasteiger partial charge >= 0.3 is 0 Å². The second kappa shape index (κ2) is 9.17. The summed E-state index contributed by atoms with van der Waals surface area (Å²) in [6.45, 7) is 3.81. The van der Waals surface area contributed by atoms with Gasteiger partial charge in [-0.2, -0.15) is 0 Å². The number of amides is 2. The number of aryl methyl sites for hydroxylation is 1. The molecular formula is C21H28N4O4. The maximum atomic E-state index is 13.3. The topological polar surface area (TPSA) is 113 Å². The van der Waals surface area contributed by atoms with E-state index >= 15 is 0 Å². The monoisotopic (exact) mass is 400 g/mol. The average molecular weight is 400 g/mol. The molecule has 1 aromatic heterocycles. The number of aliphatic hydroxyl groups excluding tert-OH is 1. The summed E-state index contributed by atoms with van der Waals surface area (Å²) in [4.78, 5) is 41.6. The lowest BCUT2D eigenvalue weighted by molar-refractivity contribution is -0.135. The Bertz CT molecular complexity index is 969. The van der Waals surface area contributed by atoms with Crippen molar-refractivity contribution in [3.05, 3.63) is 34.4 Å². The number of carbonyl (C=O) groups excluding carboxylic acids is 2. The lowest BCUT2D eigenvalue weighted by Crippen LogP contribution is -2.45. The molecule has 2 aromatic rings. The lowest BCUT2D eigenvalue weighted by Gasteiger charge is -2.25. The Kier molecular flexibility index (Phi) is 6.64. The molecule has 0 aliphatic carbocycles. The summed E-state index contributed by atoms with van der Waals surface area (Å²) >= 11 is 0. The first-order valence-electron chi connectivity index (χ1n) is 10.2. The van der Waals surface area contributed by atoms with Crippen molar-refractivity contribution in [2.45, 2.75) is 71.1 Å². The fraction of sp³-hybridized carbons (Fsp3) is 0.524. The van der Waals surface area contributed by atoms with Gasteiger partial charge in [-0.1, -0.05) is 32.3 Å². The summed E-state index contributed by atoms with van der Waals surface area (Å²) in [5, 5.41) is 16.0.